The van der Waals surface area contributed by atoms with Gasteiger partial charge in [-0.3, -0.25) is 4.90 Å². The third kappa shape index (κ3) is 4.12. The summed E-state index contributed by atoms with van der Waals surface area (Å²) in [6.07, 6.45) is 5.35. The van der Waals surface area contributed by atoms with Crippen LogP contribution in [0.1, 0.15) is 46.5 Å². The standard InChI is InChI=1S/C13H28N2/c1-5-6-12(11-14-4)15-9-7-13(2,3)8-10-15/h12,14H,5-11H2,1-4H3. The molecule has 1 N–H and O–H groups in total. The molecule has 1 unspecified atom stereocenters. The SMILES string of the molecule is CCCC(CNC)N1CCC(C)(C)CC1. The van der Waals surface area contributed by atoms with Crippen LogP contribution >= 0.6 is 0 Å². The second kappa shape index (κ2) is 5.86. The van der Waals surface area contributed by atoms with Gasteiger partial charge in [0, 0.05) is 12.6 Å². The Morgan fingerprint density at radius 1 is 1.27 bits per heavy atom. The molecule has 1 aliphatic rings. The van der Waals surface area contributed by atoms with Gasteiger partial charge in [-0.2, -0.15) is 0 Å². The van der Waals surface area contributed by atoms with Gasteiger partial charge in [0.05, 0.1) is 0 Å². The predicted octanol–water partition coefficient (Wildman–Crippen LogP) is 2.50. The topological polar surface area (TPSA) is 15.3 Å². The molecule has 1 saturated heterocycles. The highest BCUT2D eigenvalue weighted by Crippen LogP contribution is 2.30. The van der Waals surface area contributed by atoms with Crippen LogP contribution in [0, 0.1) is 5.41 Å². The van der Waals surface area contributed by atoms with Gasteiger partial charge in [0.15, 0.2) is 0 Å². The first kappa shape index (κ1) is 13.0. The molecule has 0 aromatic heterocycles. The number of likely N-dealkylation sites (tertiary alicyclic amines) is 1. The van der Waals surface area contributed by atoms with Crippen molar-refractivity contribution in [3.8, 4) is 0 Å². The van der Waals surface area contributed by atoms with Crippen LogP contribution in [0.4, 0.5) is 0 Å². The monoisotopic (exact) mass is 212 g/mol. The Morgan fingerprint density at radius 2 is 1.87 bits per heavy atom. The molecule has 0 spiro atoms. The molecule has 1 atom stereocenters. The minimum absolute atomic E-state index is 0.576. The lowest BCUT2D eigenvalue weighted by atomic mass is 9.82. The summed E-state index contributed by atoms with van der Waals surface area (Å²) in [5.41, 5.74) is 0.576. The highest BCUT2D eigenvalue weighted by Gasteiger charge is 2.28. The molecule has 0 aromatic rings. The van der Waals surface area contributed by atoms with Gasteiger partial charge in [0.1, 0.15) is 0 Å². The lowest BCUT2D eigenvalue weighted by Gasteiger charge is -2.41. The Labute approximate surface area is 95.4 Å². The fourth-order valence-corrected chi connectivity index (χ4v) is 2.48. The van der Waals surface area contributed by atoms with Gasteiger partial charge in [0.25, 0.3) is 0 Å². The number of hydrogen-bond donors (Lipinski definition) is 1. The van der Waals surface area contributed by atoms with Gasteiger partial charge in [-0.1, -0.05) is 27.2 Å². The minimum atomic E-state index is 0.576. The molecule has 2 nitrogen and oxygen atoms in total. The zero-order chi connectivity index (χ0) is 11.3. The second-order valence-electron chi connectivity index (χ2n) is 5.70. The number of nitrogens with one attached hydrogen (secondary N) is 1. The average Bonchev–Trinajstić information content (AvgIpc) is 2.18. The second-order valence-corrected chi connectivity index (χ2v) is 5.70. The van der Waals surface area contributed by atoms with Crippen molar-refractivity contribution >= 4 is 0 Å². The molecule has 0 aliphatic carbocycles. The third-order valence-electron chi connectivity index (χ3n) is 3.73. The van der Waals surface area contributed by atoms with E-state index in [4.69, 9.17) is 0 Å². The van der Waals surface area contributed by atoms with E-state index in [0.29, 0.717) is 5.41 Å². The lowest BCUT2D eigenvalue weighted by Crippen LogP contribution is -2.47. The maximum atomic E-state index is 3.33. The van der Waals surface area contributed by atoms with Crippen molar-refractivity contribution in [2.45, 2.75) is 52.5 Å². The minimum Gasteiger partial charge on any atom is -0.318 e. The number of nitrogens with zero attached hydrogens (tertiary/aromatic N) is 1. The van der Waals surface area contributed by atoms with Gasteiger partial charge >= 0.3 is 0 Å². The molecule has 1 heterocycles. The Morgan fingerprint density at radius 3 is 2.33 bits per heavy atom. The molecule has 15 heavy (non-hydrogen) atoms. The Hall–Kier alpha value is -0.0800. The van der Waals surface area contributed by atoms with E-state index < -0.39 is 0 Å². The normalized spacial score (nSPS) is 24.0. The molecule has 0 saturated carbocycles. The summed E-state index contributed by atoms with van der Waals surface area (Å²) in [5.74, 6) is 0. The summed E-state index contributed by atoms with van der Waals surface area (Å²) in [6, 6.07) is 0.760. The highest BCUT2D eigenvalue weighted by molar-refractivity contribution is 4.83. The van der Waals surface area contributed by atoms with Crippen molar-refractivity contribution in [2.24, 2.45) is 5.41 Å². The van der Waals surface area contributed by atoms with Crippen LogP contribution in [0.2, 0.25) is 0 Å². The number of rotatable bonds is 5. The molecule has 0 aromatic carbocycles. The first-order chi connectivity index (χ1) is 7.09. The summed E-state index contributed by atoms with van der Waals surface area (Å²) < 4.78 is 0. The molecule has 1 aliphatic heterocycles. The van der Waals surface area contributed by atoms with E-state index in [0.717, 1.165) is 12.6 Å². The van der Waals surface area contributed by atoms with Crippen LogP contribution in [0.15, 0.2) is 0 Å². The molecule has 1 rings (SSSR count). The first-order valence-electron chi connectivity index (χ1n) is 6.47. The molecular formula is C13H28N2. The van der Waals surface area contributed by atoms with E-state index in [9.17, 15) is 0 Å². The summed E-state index contributed by atoms with van der Waals surface area (Å²) >= 11 is 0. The van der Waals surface area contributed by atoms with E-state index in [-0.39, 0.29) is 0 Å². The van der Waals surface area contributed by atoms with E-state index in [1.54, 1.807) is 0 Å². The van der Waals surface area contributed by atoms with E-state index in [2.05, 4.69) is 38.0 Å². The molecule has 1 fully saturated rings. The van der Waals surface area contributed by atoms with Crippen molar-refractivity contribution < 1.29 is 0 Å². The maximum Gasteiger partial charge on any atom is 0.0220 e. The Balaban J connectivity index is 2.41. The van der Waals surface area contributed by atoms with Crippen molar-refractivity contribution in [3.05, 3.63) is 0 Å². The summed E-state index contributed by atoms with van der Waals surface area (Å²) in [5, 5.41) is 3.33. The third-order valence-corrected chi connectivity index (χ3v) is 3.73. The predicted molar refractivity (Wildman–Crippen MR) is 67.2 cm³/mol. The van der Waals surface area contributed by atoms with Gasteiger partial charge < -0.3 is 5.32 Å². The molecule has 90 valence electrons. The fourth-order valence-electron chi connectivity index (χ4n) is 2.48. The van der Waals surface area contributed by atoms with Crippen LogP contribution in [0.25, 0.3) is 0 Å². The molecule has 0 amide bonds. The Bertz CT molecular complexity index is 161. The Kier molecular flexibility index (Phi) is 5.07. The van der Waals surface area contributed by atoms with Crippen LogP contribution in [-0.2, 0) is 0 Å². The number of piperidine rings is 1. The molecule has 2 heteroatoms. The summed E-state index contributed by atoms with van der Waals surface area (Å²) in [7, 11) is 2.07. The van der Waals surface area contributed by atoms with Crippen molar-refractivity contribution in [3.63, 3.8) is 0 Å². The maximum absolute atomic E-state index is 3.33. The fraction of sp³-hybridized carbons (Fsp3) is 1.00. The van der Waals surface area contributed by atoms with Crippen LogP contribution in [0.3, 0.4) is 0 Å². The van der Waals surface area contributed by atoms with E-state index >= 15 is 0 Å². The van der Waals surface area contributed by atoms with Gasteiger partial charge in [-0.05, 0) is 44.8 Å². The summed E-state index contributed by atoms with van der Waals surface area (Å²) in [4.78, 5) is 2.69. The lowest BCUT2D eigenvalue weighted by molar-refractivity contribution is 0.0895. The first-order valence-corrected chi connectivity index (χ1v) is 6.47. The molecule has 0 bridgehead atoms. The van der Waals surface area contributed by atoms with Crippen molar-refractivity contribution in [2.75, 3.05) is 26.7 Å². The van der Waals surface area contributed by atoms with Gasteiger partial charge in [0.2, 0.25) is 0 Å². The van der Waals surface area contributed by atoms with Gasteiger partial charge in [-0.25, -0.2) is 0 Å². The largest absolute Gasteiger partial charge is 0.318 e. The summed E-state index contributed by atoms with van der Waals surface area (Å²) in [6.45, 7) is 10.8. The van der Waals surface area contributed by atoms with E-state index in [1.807, 2.05) is 0 Å². The molecular weight excluding hydrogens is 184 g/mol. The van der Waals surface area contributed by atoms with Crippen LogP contribution in [-0.4, -0.2) is 37.6 Å². The van der Waals surface area contributed by atoms with E-state index in [1.165, 1.54) is 38.8 Å². The molecule has 0 radical (unpaired) electrons. The van der Waals surface area contributed by atoms with Crippen molar-refractivity contribution in [1.82, 2.24) is 10.2 Å². The quantitative estimate of drug-likeness (QED) is 0.753. The zero-order valence-electron chi connectivity index (χ0n) is 11.0. The average molecular weight is 212 g/mol. The highest BCUT2D eigenvalue weighted by atomic mass is 15.2. The smallest absolute Gasteiger partial charge is 0.0220 e. The van der Waals surface area contributed by atoms with Crippen molar-refractivity contribution in [1.29, 1.82) is 0 Å². The van der Waals surface area contributed by atoms with Gasteiger partial charge in [-0.15, -0.1) is 0 Å². The number of likely N-dealkylation sites (N-methyl/N-ethyl adjacent to an activating group) is 1. The van der Waals surface area contributed by atoms with Crippen LogP contribution < -0.4 is 5.32 Å². The van der Waals surface area contributed by atoms with Crippen LogP contribution in [0.5, 0.6) is 0 Å². The zero-order valence-corrected chi connectivity index (χ0v) is 11.0. The number of hydrogen-bond acceptors (Lipinski definition) is 2.